The Hall–Kier alpha value is -1.18. The Bertz CT molecular complexity index is 1080. The van der Waals surface area contributed by atoms with Gasteiger partial charge in [-0.1, -0.05) is 310 Å². The summed E-state index contributed by atoms with van der Waals surface area (Å²) < 4.78 is 0. The van der Waals surface area contributed by atoms with Gasteiger partial charge in [-0.25, -0.2) is 0 Å². The largest absolute Gasteiger partial charge is 0.343 e. The molecule has 0 saturated carbocycles. The summed E-state index contributed by atoms with van der Waals surface area (Å²) in [5.41, 5.74) is 0. The van der Waals surface area contributed by atoms with Gasteiger partial charge in [0.2, 0.25) is 11.8 Å². The number of amides is 2. The number of carbonyl (C=O) groups is 2. The maximum atomic E-state index is 14.3. The van der Waals surface area contributed by atoms with Crippen LogP contribution in [0.25, 0.3) is 0 Å². The van der Waals surface area contributed by atoms with Crippen molar-refractivity contribution >= 4 is 11.8 Å². The number of rotatable bonds is 63. The molecule has 1 saturated heterocycles. The number of carbonyl (C=O) groups excluding carboxylic acids is 2. The summed E-state index contributed by atoms with van der Waals surface area (Å²) in [6.07, 6.45) is 68.3. The van der Waals surface area contributed by atoms with Crippen LogP contribution in [0.3, 0.4) is 0 Å². The number of hydrogen-bond acceptors (Lipinski definition) is 5. The molecular formula is C71H143N5O2. The molecule has 0 N–H and O–H groups in total. The fourth-order valence-corrected chi connectivity index (χ4v) is 12.2. The fraction of sp³-hybridized carbons (Fsp3) is 0.972. The van der Waals surface area contributed by atoms with Crippen molar-refractivity contribution in [2.45, 2.75) is 362 Å². The van der Waals surface area contributed by atoms with Crippen molar-refractivity contribution in [2.24, 2.45) is 0 Å². The molecule has 0 aromatic carbocycles. The van der Waals surface area contributed by atoms with Crippen LogP contribution in [0, 0.1) is 0 Å². The van der Waals surface area contributed by atoms with E-state index >= 15 is 0 Å². The second kappa shape index (κ2) is 60.4. The monoisotopic (exact) mass is 1100 g/mol. The van der Waals surface area contributed by atoms with Crippen LogP contribution < -0.4 is 0 Å². The zero-order valence-electron chi connectivity index (χ0n) is 54.3. The molecular weight excluding hydrogens is 955 g/mol. The number of piperazine rings is 1. The van der Waals surface area contributed by atoms with Gasteiger partial charge in [-0.15, -0.1) is 0 Å². The van der Waals surface area contributed by atoms with E-state index in [4.69, 9.17) is 0 Å². The second-order valence-corrected chi connectivity index (χ2v) is 25.5. The maximum Gasteiger partial charge on any atom is 0.223 e. The summed E-state index contributed by atoms with van der Waals surface area (Å²) in [6.45, 7) is 21.3. The summed E-state index contributed by atoms with van der Waals surface area (Å²) in [5, 5.41) is 0. The Morgan fingerprint density at radius 1 is 0.269 bits per heavy atom. The highest BCUT2D eigenvalue weighted by atomic mass is 16.2. The van der Waals surface area contributed by atoms with Crippen molar-refractivity contribution in [2.75, 3.05) is 85.6 Å². The van der Waals surface area contributed by atoms with E-state index in [9.17, 15) is 9.59 Å². The number of unbranched alkanes of at least 4 members (excludes halogenated alkanes) is 45. The topological polar surface area (TPSA) is 50.3 Å². The molecule has 0 unspecified atom stereocenters. The fourth-order valence-electron chi connectivity index (χ4n) is 12.2. The third kappa shape index (κ3) is 50.5. The van der Waals surface area contributed by atoms with Gasteiger partial charge in [-0.05, 0) is 58.7 Å². The smallest absolute Gasteiger partial charge is 0.223 e. The number of hydrogen-bond donors (Lipinski definition) is 0. The lowest BCUT2D eigenvalue weighted by Crippen LogP contribution is -2.44. The molecule has 1 heterocycles. The summed E-state index contributed by atoms with van der Waals surface area (Å²) in [6, 6.07) is 0. The van der Waals surface area contributed by atoms with Crippen molar-refractivity contribution in [3.05, 3.63) is 0 Å². The molecule has 0 aromatic rings. The van der Waals surface area contributed by atoms with E-state index in [0.717, 1.165) is 84.5 Å². The Morgan fingerprint density at radius 3 is 0.731 bits per heavy atom. The highest BCUT2D eigenvalue weighted by Crippen LogP contribution is 2.18. The van der Waals surface area contributed by atoms with Crippen molar-refractivity contribution in [1.29, 1.82) is 0 Å². The van der Waals surface area contributed by atoms with E-state index in [1.54, 1.807) is 0 Å². The molecule has 0 aromatic heterocycles. The minimum atomic E-state index is 0.357. The highest BCUT2D eigenvalue weighted by molar-refractivity contribution is 5.77. The first-order valence-corrected chi connectivity index (χ1v) is 36.1. The summed E-state index contributed by atoms with van der Waals surface area (Å²) in [7, 11) is 2.24. The first kappa shape index (κ1) is 74.8. The van der Waals surface area contributed by atoms with E-state index in [1.165, 1.54) is 315 Å². The van der Waals surface area contributed by atoms with Crippen molar-refractivity contribution in [3.8, 4) is 0 Å². The molecule has 464 valence electrons. The maximum absolute atomic E-state index is 14.3. The quantitative estimate of drug-likeness (QED) is 0.0568. The van der Waals surface area contributed by atoms with Crippen LogP contribution in [0.1, 0.15) is 362 Å². The minimum Gasteiger partial charge on any atom is -0.343 e. The van der Waals surface area contributed by atoms with Crippen molar-refractivity contribution in [1.82, 2.24) is 24.5 Å². The number of likely N-dealkylation sites (N-methyl/N-ethyl adjacent to an activating group) is 1. The van der Waals surface area contributed by atoms with Gasteiger partial charge in [-0.3, -0.25) is 9.59 Å². The van der Waals surface area contributed by atoms with Crippen LogP contribution in [0.5, 0.6) is 0 Å². The van der Waals surface area contributed by atoms with Crippen molar-refractivity contribution < 1.29 is 9.59 Å². The first-order chi connectivity index (χ1) is 38.4. The molecule has 0 spiro atoms. The standard InChI is InChI=1S/C71H143N5O2/c1-6-10-14-18-22-26-30-34-38-42-46-50-60-75(61-51-47-43-39-35-31-27-23-19-15-11-7-2)70(77)56-64-73(58-54-55-59-74-68-66-72(5)67-69-74)65-57-71(78)76(62-52-48-44-40-36-32-28-24-20-16-12-8-3)63-53-49-45-41-37-33-29-25-21-17-13-9-4/h6-69H2,1-5H3. The average molecular weight is 1100 g/mol. The lowest BCUT2D eigenvalue weighted by atomic mass is 10.0. The van der Waals surface area contributed by atoms with Gasteiger partial charge in [0.1, 0.15) is 0 Å². The zero-order valence-corrected chi connectivity index (χ0v) is 54.3. The molecule has 0 radical (unpaired) electrons. The SMILES string of the molecule is CCCCCCCCCCCCCCN(CCCCCCCCCCCCCC)C(=O)CCN(CCCCN1CCN(C)CC1)CCC(=O)N(CCCCCCCCCCCCCC)CCCCCCCCCCCCCC. The van der Waals surface area contributed by atoms with Crippen molar-refractivity contribution in [3.63, 3.8) is 0 Å². The van der Waals surface area contributed by atoms with Gasteiger partial charge in [-0.2, -0.15) is 0 Å². The summed E-state index contributed by atoms with van der Waals surface area (Å²) >= 11 is 0. The molecule has 0 aliphatic carbocycles. The molecule has 0 bridgehead atoms. The molecule has 7 nitrogen and oxygen atoms in total. The third-order valence-electron chi connectivity index (χ3n) is 17.9. The number of nitrogens with zero attached hydrogens (tertiary/aromatic N) is 5. The van der Waals surface area contributed by atoms with E-state index < -0.39 is 0 Å². The van der Waals surface area contributed by atoms with Crippen LogP contribution in [0.4, 0.5) is 0 Å². The molecule has 0 atom stereocenters. The molecule has 2 amide bonds. The van der Waals surface area contributed by atoms with E-state index in [2.05, 4.69) is 59.2 Å². The Kier molecular flexibility index (Phi) is 58.0. The molecule has 1 aliphatic heterocycles. The van der Waals surface area contributed by atoms with Gasteiger partial charge in [0.05, 0.1) is 0 Å². The van der Waals surface area contributed by atoms with Gasteiger partial charge >= 0.3 is 0 Å². The van der Waals surface area contributed by atoms with E-state index in [0.29, 0.717) is 24.7 Å². The Morgan fingerprint density at radius 2 is 0.487 bits per heavy atom. The average Bonchev–Trinajstić information content (AvgIpc) is 3.44. The van der Waals surface area contributed by atoms with Crippen LogP contribution in [0.15, 0.2) is 0 Å². The third-order valence-corrected chi connectivity index (χ3v) is 17.9. The van der Waals surface area contributed by atoms with Gasteiger partial charge < -0.3 is 24.5 Å². The lowest BCUT2D eigenvalue weighted by molar-refractivity contribution is -0.131. The highest BCUT2D eigenvalue weighted by Gasteiger charge is 2.19. The van der Waals surface area contributed by atoms with Crippen LogP contribution in [-0.2, 0) is 9.59 Å². The van der Waals surface area contributed by atoms with Crippen LogP contribution in [-0.4, -0.2) is 122 Å². The molecule has 1 fully saturated rings. The summed E-state index contributed by atoms with van der Waals surface area (Å²) in [5.74, 6) is 0.714. The first-order valence-electron chi connectivity index (χ1n) is 36.1. The Balaban J connectivity index is 2.88. The van der Waals surface area contributed by atoms with Gasteiger partial charge in [0.25, 0.3) is 0 Å². The summed E-state index contributed by atoms with van der Waals surface area (Å²) in [4.78, 5) is 40.8. The van der Waals surface area contributed by atoms with Gasteiger partial charge in [0.15, 0.2) is 0 Å². The normalized spacial score (nSPS) is 13.4. The zero-order chi connectivity index (χ0) is 56.3. The Labute approximate surface area is 490 Å². The lowest BCUT2D eigenvalue weighted by Gasteiger charge is -2.32. The van der Waals surface area contributed by atoms with Gasteiger partial charge in [0, 0.05) is 78.3 Å². The molecule has 7 heteroatoms. The predicted octanol–water partition coefficient (Wildman–Crippen LogP) is 20.6. The van der Waals surface area contributed by atoms with Crippen LogP contribution in [0.2, 0.25) is 0 Å². The predicted molar refractivity (Wildman–Crippen MR) is 346 cm³/mol. The van der Waals surface area contributed by atoms with E-state index in [-0.39, 0.29) is 0 Å². The molecule has 78 heavy (non-hydrogen) atoms. The second-order valence-electron chi connectivity index (χ2n) is 25.5. The molecule has 1 aliphatic rings. The minimum absolute atomic E-state index is 0.357. The van der Waals surface area contributed by atoms with Crippen LogP contribution >= 0.6 is 0 Å². The van der Waals surface area contributed by atoms with E-state index in [1.807, 2.05) is 0 Å². The molecule has 1 rings (SSSR count).